The Morgan fingerprint density at radius 2 is 1.94 bits per heavy atom. The molecule has 0 unspecified atom stereocenters. The summed E-state index contributed by atoms with van der Waals surface area (Å²) in [5.74, 6) is 0.797. The fourth-order valence-electron chi connectivity index (χ4n) is 2.23. The van der Waals surface area contributed by atoms with Crippen molar-refractivity contribution in [2.24, 2.45) is 0 Å². The number of benzene rings is 1. The highest BCUT2D eigenvalue weighted by Gasteiger charge is 2.31. The van der Waals surface area contributed by atoms with Crippen molar-refractivity contribution in [2.45, 2.75) is 44.6 Å². The van der Waals surface area contributed by atoms with Crippen LogP contribution in [0.3, 0.4) is 0 Å². The Balaban J connectivity index is 2.34. The number of carbonyl (C=O) groups excluding carboxylic acids is 1. The summed E-state index contributed by atoms with van der Waals surface area (Å²) in [6.07, 6.45) is 3.75. The first kappa shape index (κ1) is 12.3. The molecule has 1 fully saturated rings. The van der Waals surface area contributed by atoms with Gasteiger partial charge in [0.2, 0.25) is 0 Å². The molecule has 0 amide bonds. The lowest BCUT2D eigenvalue weighted by molar-refractivity contribution is 0.0887. The van der Waals surface area contributed by atoms with E-state index in [0.29, 0.717) is 5.92 Å². The Bertz CT molecular complexity index is 419. The summed E-state index contributed by atoms with van der Waals surface area (Å²) >= 11 is 0. The smallest absolute Gasteiger partial charge is 0.182 e. The first-order valence-electron chi connectivity index (χ1n) is 6.39. The number of carbonyl (C=O) groups is 1. The first-order valence-corrected chi connectivity index (χ1v) is 6.39. The van der Waals surface area contributed by atoms with Gasteiger partial charge in [-0.25, -0.2) is 0 Å². The maximum atomic E-state index is 12.5. The molecule has 0 aromatic heterocycles. The number of hydrogen-bond donors (Lipinski definition) is 1. The molecule has 1 saturated carbocycles. The van der Waals surface area contributed by atoms with Crippen LogP contribution in [0.15, 0.2) is 24.3 Å². The molecule has 1 aromatic rings. The predicted molar refractivity (Wildman–Crippen MR) is 70.5 cm³/mol. The van der Waals surface area contributed by atoms with Gasteiger partial charge in [-0.1, -0.05) is 30.7 Å². The lowest BCUT2D eigenvalue weighted by Gasteiger charge is -2.30. The van der Waals surface area contributed by atoms with E-state index < -0.39 is 5.54 Å². The van der Waals surface area contributed by atoms with Crippen molar-refractivity contribution in [1.29, 1.82) is 0 Å². The van der Waals surface area contributed by atoms with E-state index in [1.807, 2.05) is 39.1 Å². The van der Waals surface area contributed by atoms with E-state index in [4.69, 9.17) is 0 Å². The second kappa shape index (κ2) is 4.61. The Kier molecular flexibility index (Phi) is 3.34. The van der Waals surface area contributed by atoms with Crippen LogP contribution in [0, 0.1) is 0 Å². The number of likely N-dealkylation sites (N-methyl/N-ethyl adjacent to an activating group) is 1. The Hall–Kier alpha value is -1.15. The predicted octanol–water partition coefficient (Wildman–Crippen LogP) is 3.13. The van der Waals surface area contributed by atoms with Crippen LogP contribution >= 0.6 is 0 Å². The van der Waals surface area contributed by atoms with Crippen LogP contribution in [0.4, 0.5) is 0 Å². The molecule has 1 aliphatic carbocycles. The van der Waals surface area contributed by atoms with Gasteiger partial charge in [-0.05, 0) is 45.2 Å². The Labute approximate surface area is 103 Å². The quantitative estimate of drug-likeness (QED) is 0.807. The van der Waals surface area contributed by atoms with Gasteiger partial charge in [0.1, 0.15) is 0 Å². The van der Waals surface area contributed by atoms with Crippen molar-refractivity contribution in [1.82, 2.24) is 5.32 Å². The molecule has 0 aliphatic heterocycles. The number of nitrogens with one attached hydrogen (secondary N) is 1. The SMILES string of the molecule is CNC(C)(C)C(=O)c1ccccc1C1CCC1. The summed E-state index contributed by atoms with van der Waals surface area (Å²) < 4.78 is 0. The molecule has 1 aromatic carbocycles. The average molecular weight is 231 g/mol. The molecule has 2 rings (SSSR count). The summed E-state index contributed by atoms with van der Waals surface area (Å²) in [5.41, 5.74) is 1.66. The third kappa shape index (κ3) is 2.27. The van der Waals surface area contributed by atoms with Gasteiger partial charge in [0.05, 0.1) is 5.54 Å². The molecule has 2 heteroatoms. The van der Waals surface area contributed by atoms with Crippen molar-refractivity contribution in [3.63, 3.8) is 0 Å². The van der Waals surface area contributed by atoms with Gasteiger partial charge >= 0.3 is 0 Å². The number of hydrogen-bond acceptors (Lipinski definition) is 2. The first-order chi connectivity index (χ1) is 8.06. The van der Waals surface area contributed by atoms with Crippen LogP contribution in [0.5, 0.6) is 0 Å². The van der Waals surface area contributed by atoms with E-state index in [2.05, 4.69) is 11.4 Å². The van der Waals surface area contributed by atoms with Crippen molar-refractivity contribution >= 4 is 5.78 Å². The van der Waals surface area contributed by atoms with Crippen LogP contribution in [-0.4, -0.2) is 18.4 Å². The van der Waals surface area contributed by atoms with E-state index in [0.717, 1.165) is 5.56 Å². The summed E-state index contributed by atoms with van der Waals surface area (Å²) in [4.78, 5) is 12.5. The maximum Gasteiger partial charge on any atom is 0.182 e. The van der Waals surface area contributed by atoms with E-state index in [1.54, 1.807) is 0 Å². The van der Waals surface area contributed by atoms with Crippen LogP contribution in [0.1, 0.15) is 54.9 Å². The van der Waals surface area contributed by atoms with Gasteiger partial charge in [-0.3, -0.25) is 4.79 Å². The maximum absolute atomic E-state index is 12.5. The average Bonchev–Trinajstić information content (AvgIpc) is 2.26. The molecule has 0 spiro atoms. The van der Waals surface area contributed by atoms with Crippen LogP contribution in [0.2, 0.25) is 0 Å². The topological polar surface area (TPSA) is 29.1 Å². The van der Waals surface area contributed by atoms with Crippen molar-refractivity contribution < 1.29 is 4.79 Å². The fraction of sp³-hybridized carbons (Fsp3) is 0.533. The summed E-state index contributed by atoms with van der Waals surface area (Å²) in [5, 5.41) is 3.09. The fourth-order valence-corrected chi connectivity index (χ4v) is 2.23. The lowest BCUT2D eigenvalue weighted by Crippen LogP contribution is -2.45. The monoisotopic (exact) mass is 231 g/mol. The minimum absolute atomic E-state index is 0.197. The van der Waals surface area contributed by atoms with E-state index in [-0.39, 0.29) is 5.78 Å². The lowest BCUT2D eigenvalue weighted by atomic mass is 9.76. The van der Waals surface area contributed by atoms with Gasteiger partial charge in [0.15, 0.2) is 5.78 Å². The Morgan fingerprint density at radius 1 is 1.29 bits per heavy atom. The summed E-state index contributed by atoms with van der Waals surface area (Å²) in [6, 6.07) is 8.08. The molecule has 0 heterocycles. The van der Waals surface area contributed by atoms with Gasteiger partial charge < -0.3 is 5.32 Å². The molecule has 1 N–H and O–H groups in total. The van der Waals surface area contributed by atoms with Crippen molar-refractivity contribution in [3.8, 4) is 0 Å². The van der Waals surface area contributed by atoms with Gasteiger partial charge in [-0.15, -0.1) is 0 Å². The normalized spacial score (nSPS) is 16.6. The van der Waals surface area contributed by atoms with Crippen LogP contribution in [0.25, 0.3) is 0 Å². The van der Waals surface area contributed by atoms with Gasteiger partial charge in [0.25, 0.3) is 0 Å². The molecule has 0 radical (unpaired) electrons. The molecule has 17 heavy (non-hydrogen) atoms. The molecule has 0 saturated heterocycles. The number of rotatable bonds is 4. The Morgan fingerprint density at radius 3 is 2.47 bits per heavy atom. The highest BCUT2D eigenvalue weighted by atomic mass is 16.1. The standard InChI is InChI=1S/C15H21NO/c1-15(2,16-3)14(17)13-10-5-4-9-12(13)11-7-6-8-11/h4-5,9-11,16H,6-8H2,1-3H3. The van der Waals surface area contributed by atoms with E-state index >= 15 is 0 Å². The number of ketones is 1. The largest absolute Gasteiger partial charge is 0.308 e. The molecule has 1 aliphatic rings. The molecular formula is C15H21NO. The minimum atomic E-state index is -0.486. The van der Waals surface area contributed by atoms with E-state index in [9.17, 15) is 4.79 Å². The zero-order valence-corrected chi connectivity index (χ0v) is 10.9. The van der Waals surface area contributed by atoms with E-state index in [1.165, 1.54) is 24.8 Å². The third-order valence-corrected chi connectivity index (χ3v) is 3.94. The molecule has 0 bridgehead atoms. The van der Waals surface area contributed by atoms with Crippen LogP contribution in [-0.2, 0) is 0 Å². The highest BCUT2D eigenvalue weighted by molar-refractivity contribution is 6.04. The van der Waals surface area contributed by atoms with Crippen molar-refractivity contribution in [3.05, 3.63) is 35.4 Å². The van der Waals surface area contributed by atoms with Crippen molar-refractivity contribution in [2.75, 3.05) is 7.05 Å². The zero-order chi connectivity index (χ0) is 12.5. The van der Waals surface area contributed by atoms with Gasteiger partial charge in [-0.2, -0.15) is 0 Å². The molecule has 0 atom stereocenters. The third-order valence-electron chi connectivity index (χ3n) is 3.94. The minimum Gasteiger partial charge on any atom is -0.308 e. The second-order valence-electron chi connectivity index (χ2n) is 5.42. The molecule has 92 valence electrons. The molecule has 2 nitrogen and oxygen atoms in total. The second-order valence-corrected chi connectivity index (χ2v) is 5.42. The number of Topliss-reactive ketones (excluding diaryl/α,β-unsaturated/α-hetero) is 1. The molecular weight excluding hydrogens is 210 g/mol. The highest BCUT2D eigenvalue weighted by Crippen LogP contribution is 2.38. The van der Waals surface area contributed by atoms with Crippen LogP contribution < -0.4 is 5.32 Å². The summed E-state index contributed by atoms with van der Waals surface area (Å²) in [6.45, 7) is 3.87. The zero-order valence-electron chi connectivity index (χ0n) is 10.9. The van der Waals surface area contributed by atoms with Gasteiger partial charge in [0, 0.05) is 5.56 Å². The summed E-state index contributed by atoms with van der Waals surface area (Å²) in [7, 11) is 1.84.